The molecule has 2 aliphatic rings. The average Bonchev–Trinajstić information content (AvgIpc) is 2.73. The number of pyridine rings is 1. The first-order chi connectivity index (χ1) is 13.6. The minimum atomic E-state index is -0.936. The van der Waals surface area contributed by atoms with Crippen LogP contribution in [0.2, 0.25) is 0 Å². The molecule has 7 nitrogen and oxygen atoms in total. The van der Waals surface area contributed by atoms with Crippen LogP contribution in [-0.2, 0) is 17.7 Å². The van der Waals surface area contributed by atoms with Gasteiger partial charge in [-0.3, -0.25) is 4.90 Å². The number of nitrogens with zero attached hydrogens (tertiary/aromatic N) is 4. The van der Waals surface area contributed by atoms with Crippen molar-refractivity contribution in [3.05, 3.63) is 65.0 Å². The standard InChI is InChI=1S/C21H22N4O3/c22-11-17-7-6-16-12-25(21(26)27)14-19(20(16)23-17)24-8-9-28-18(13-24)10-15-4-2-1-3-5-15/h1-7,18-19H,8-10,12-14H2,(H,26,27). The normalized spacial score (nSPS) is 22.3. The van der Waals surface area contributed by atoms with Gasteiger partial charge in [0.2, 0.25) is 0 Å². The van der Waals surface area contributed by atoms with Crippen molar-refractivity contribution in [2.24, 2.45) is 0 Å². The fraction of sp³-hybridized carbons (Fsp3) is 0.381. The van der Waals surface area contributed by atoms with E-state index in [4.69, 9.17) is 4.74 Å². The van der Waals surface area contributed by atoms with Crippen molar-refractivity contribution in [2.45, 2.75) is 25.1 Å². The summed E-state index contributed by atoms with van der Waals surface area (Å²) in [4.78, 5) is 19.8. The van der Waals surface area contributed by atoms with Gasteiger partial charge in [-0.15, -0.1) is 0 Å². The summed E-state index contributed by atoms with van der Waals surface area (Å²) in [5.41, 5.74) is 3.26. The second kappa shape index (κ2) is 7.97. The Labute approximate surface area is 163 Å². The van der Waals surface area contributed by atoms with Gasteiger partial charge < -0.3 is 14.7 Å². The number of morpholine rings is 1. The molecule has 1 saturated heterocycles. The number of hydrogen-bond donors (Lipinski definition) is 1. The monoisotopic (exact) mass is 378 g/mol. The van der Waals surface area contributed by atoms with Crippen LogP contribution in [-0.4, -0.2) is 58.3 Å². The maximum atomic E-state index is 11.6. The zero-order valence-electron chi connectivity index (χ0n) is 15.5. The molecule has 2 aromatic rings. The highest BCUT2D eigenvalue weighted by molar-refractivity contribution is 5.65. The summed E-state index contributed by atoms with van der Waals surface area (Å²) in [6.07, 6.45) is -0.0846. The van der Waals surface area contributed by atoms with Crippen LogP contribution in [0.3, 0.4) is 0 Å². The van der Waals surface area contributed by atoms with Gasteiger partial charge in [0.25, 0.3) is 0 Å². The van der Waals surface area contributed by atoms with Gasteiger partial charge in [-0.25, -0.2) is 9.78 Å². The summed E-state index contributed by atoms with van der Waals surface area (Å²) in [5, 5.41) is 18.8. The van der Waals surface area contributed by atoms with Crippen molar-refractivity contribution in [3.8, 4) is 6.07 Å². The van der Waals surface area contributed by atoms with Gasteiger partial charge in [-0.2, -0.15) is 5.26 Å². The highest BCUT2D eigenvalue weighted by atomic mass is 16.5. The Morgan fingerprint density at radius 1 is 1.25 bits per heavy atom. The molecule has 28 heavy (non-hydrogen) atoms. The van der Waals surface area contributed by atoms with Gasteiger partial charge in [0.1, 0.15) is 11.8 Å². The van der Waals surface area contributed by atoms with Gasteiger partial charge in [-0.05, 0) is 23.6 Å². The SMILES string of the molecule is N#Cc1ccc2c(n1)C(N1CCOC(Cc3ccccc3)C1)CN(C(=O)O)C2. The third kappa shape index (κ3) is 3.84. The van der Waals surface area contributed by atoms with Crippen LogP contribution < -0.4 is 0 Å². The zero-order chi connectivity index (χ0) is 19.5. The van der Waals surface area contributed by atoms with Crippen molar-refractivity contribution in [1.29, 1.82) is 5.26 Å². The van der Waals surface area contributed by atoms with Crippen LogP contribution in [0.1, 0.15) is 28.6 Å². The molecule has 1 aromatic heterocycles. The maximum Gasteiger partial charge on any atom is 0.407 e. The number of aromatic nitrogens is 1. The Morgan fingerprint density at radius 3 is 2.82 bits per heavy atom. The Hall–Kier alpha value is -2.95. The van der Waals surface area contributed by atoms with Gasteiger partial charge in [0, 0.05) is 19.6 Å². The van der Waals surface area contributed by atoms with Crippen LogP contribution in [0.15, 0.2) is 42.5 Å². The van der Waals surface area contributed by atoms with Crippen LogP contribution in [0.4, 0.5) is 4.79 Å². The molecule has 3 heterocycles. The van der Waals surface area contributed by atoms with Crippen LogP contribution >= 0.6 is 0 Å². The maximum absolute atomic E-state index is 11.6. The first kappa shape index (κ1) is 18.4. The number of benzene rings is 1. The molecular formula is C21H22N4O3. The quantitative estimate of drug-likeness (QED) is 0.882. The molecule has 0 radical (unpaired) electrons. The molecule has 0 spiro atoms. The zero-order valence-corrected chi connectivity index (χ0v) is 15.5. The molecule has 1 aromatic carbocycles. The van der Waals surface area contributed by atoms with Gasteiger partial charge >= 0.3 is 6.09 Å². The first-order valence-electron chi connectivity index (χ1n) is 9.41. The smallest absolute Gasteiger partial charge is 0.407 e. The Balaban J connectivity index is 1.58. The summed E-state index contributed by atoms with van der Waals surface area (Å²) in [7, 11) is 0. The van der Waals surface area contributed by atoms with E-state index in [9.17, 15) is 15.2 Å². The van der Waals surface area contributed by atoms with E-state index in [1.165, 1.54) is 10.5 Å². The van der Waals surface area contributed by atoms with Gasteiger partial charge in [0.05, 0.1) is 31.0 Å². The minimum absolute atomic E-state index is 0.0407. The lowest BCUT2D eigenvalue weighted by Gasteiger charge is -2.42. The van der Waals surface area contributed by atoms with Crippen molar-refractivity contribution in [3.63, 3.8) is 0 Å². The Kier molecular flexibility index (Phi) is 5.24. The fourth-order valence-corrected chi connectivity index (χ4v) is 4.01. The molecule has 0 saturated carbocycles. The molecular weight excluding hydrogens is 356 g/mol. The predicted molar refractivity (Wildman–Crippen MR) is 102 cm³/mol. The lowest BCUT2D eigenvalue weighted by molar-refractivity contribution is -0.0497. The van der Waals surface area contributed by atoms with E-state index in [-0.39, 0.29) is 12.1 Å². The summed E-state index contributed by atoms with van der Waals surface area (Å²) < 4.78 is 5.97. The van der Waals surface area contributed by atoms with E-state index in [2.05, 4.69) is 28.1 Å². The van der Waals surface area contributed by atoms with E-state index in [1.807, 2.05) is 24.3 Å². The lowest BCUT2D eigenvalue weighted by atomic mass is 9.97. The van der Waals surface area contributed by atoms with Gasteiger partial charge in [-0.1, -0.05) is 36.4 Å². The largest absolute Gasteiger partial charge is 0.465 e. The summed E-state index contributed by atoms with van der Waals surface area (Å²) in [5.74, 6) is 0. The van der Waals surface area contributed by atoms with Crippen LogP contribution in [0.25, 0.3) is 0 Å². The molecule has 144 valence electrons. The van der Waals surface area contributed by atoms with Crippen LogP contribution in [0.5, 0.6) is 0 Å². The number of amides is 1. The van der Waals surface area contributed by atoms with Crippen LogP contribution in [0, 0.1) is 11.3 Å². The lowest BCUT2D eigenvalue weighted by Crippen LogP contribution is -2.50. The number of carbonyl (C=O) groups is 1. The number of rotatable bonds is 3. The topological polar surface area (TPSA) is 89.7 Å². The number of fused-ring (bicyclic) bond motifs is 1. The number of nitriles is 1. The fourth-order valence-electron chi connectivity index (χ4n) is 4.01. The third-order valence-electron chi connectivity index (χ3n) is 5.38. The molecule has 1 N–H and O–H groups in total. The van der Waals surface area contributed by atoms with E-state index in [1.54, 1.807) is 6.07 Å². The molecule has 2 aliphatic heterocycles. The van der Waals surface area contributed by atoms with E-state index < -0.39 is 6.09 Å². The van der Waals surface area contributed by atoms with Gasteiger partial charge in [0.15, 0.2) is 0 Å². The number of ether oxygens (including phenoxy) is 1. The highest BCUT2D eigenvalue weighted by Gasteiger charge is 2.35. The summed E-state index contributed by atoms with van der Waals surface area (Å²) in [6, 6.07) is 15.6. The molecule has 0 bridgehead atoms. The molecule has 2 unspecified atom stereocenters. The summed E-state index contributed by atoms with van der Waals surface area (Å²) in [6.45, 7) is 2.65. The third-order valence-corrected chi connectivity index (χ3v) is 5.38. The van der Waals surface area contributed by atoms with Crippen molar-refractivity contribution >= 4 is 6.09 Å². The summed E-state index contributed by atoms with van der Waals surface area (Å²) >= 11 is 0. The first-order valence-corrected chi connectivity index (χ1v) is 9.41. The minimum Gasteiger partial charge on any atom is -0.465 e. The van der Waals surface area contributed by atoms with E-state index in [0.29, 0.717) is 38.5 Å². The average molecular weight is 378 g/mol. The predicted octanol–water partition coefficient (Wildman–Crippen LogP) is 2.43. The second-order valence-corrected chi connectivity index (χ2v) is 7.21. The van der Waals surface area contributed by atoms with Crippen molar-refractivity contribution < 1.29 is 14.6 Å². The second-order valence-electron chi connectivity index (χ2n) is 7.21. The molecule has 4 rings (SSSR count). The van der Waals surface area contributed by atoms with Crippen molar-refractivity contribution in [2.75, 3.05) is 26.2 Å². The molecule has 1 fully saturated rings. The number of hydrogen-bond acceptors (Lipinski definition) is 5. The highest BCUT2D eigenvalue weighted by Crippen LogP contribution is 2.31. The molecule has 0 aliphatic carbocycles. The number of carboxylic acid groups (broad SMARTS) is 1. The molecule has 7 heteroatoms. The Bertz CT molecular complexity index is 896. The van der Waals surface area contributed by atoms with E-state index >= 15 is 0 Å². The van der Waals surface area contributed by atoms with Crippen molar-refractivity contribution in [1.82, 2.24) is 14.8 Å². The Morgan fingerprint density at radius 2 is 2.07 bits per heavy atom. The molecule has 1 amide bonds. The molecule has 2 atom stereocenters. The van der Waals surface area contributed by atoms with E-state index in [0.717, 1.165) is 17.7 Å².